The van der Waals surface area contributed by atoms with Gasteiger partial charge in [0, 0.05) is 5.69 Å². The average molecular weight is 172 g/mol. The maximum absolute atomic E-state index is 9.27. The van der Waals surface area contributed by atoms with Gasteiger partial charge in [-0.1, -0.05) is 12.1 Å². The number of nitrogen functional groups attached to an aromatic ring is 1. The molecule has 11 heavy (non-hydrogen) atoms. The van der Waals surface area contributed by atoms with Crippen LogP contribution in [0.5, 0.6) is 0 Å². The molecule has 0 unspecified atom stereocenters. The van der Waals surface area contributed by atoms with Crippen LogP contribution in [-0.2, 0) is 0 Å². The molecular weight excluding hydrogens is 162 g/mol. The lowest BCUT2D eigenvalue weighted by Crippen LogP contribution is -1.98. The molecule has 60 valence electrons. The lowest BCUT2D eigenvalue weighted by molar-refractivity contribution is 0.203. The number of alkyl halides is 1. The summed E-state index contributed by atoms with van der Waals surface area (Å²) in [7, 11) is 0. The Hall–Kier alpha value is -0.730. The Labute approximate surface area is 70.6 Å². The second-order valence-corrected chi connectivity index (χ2v) is 2.65. The third-order valence-electron chi connectivity index (χ3n) is 1.44. The van der Waals surface area contributed by atoms with Crippen LogP contribution in [0, 0.1) is 0 Å². The normalized spacial score (nSPS) is 12.9. The quantitative estimate of drug-likeness (QED) is 0.524. The van der Waals surface area contributed by atoms with Crippen molar-refractivity contribution in [1.29, 1.82) is 0 Å². The molecule has 0 aliphatic heterocycles. The zero-order chi connectivity index (χ0) is 8.27. The maximum Gasteiger partial charge on any atom is 0.0926 e. The van der Waals surface area contributed by atoms with Crippen LogP contribution in [0.15, 0.2) is 24.3 Å². The number of rotatable bonds is 2. The number of hydrogen-bond donors (Lipinski definition) is 2. The van der Waals surface area contributed by atoms with Crippen LogP contribution in [0.2, 0.25) is 0 Å². The van der Waals surface area contributed by atoms with Crippen molar-refractivity contribution >= 4 is 17.3 Å². The van der Waals surface area contributed by atoms with E-state index < -0.39 is 6.10 Å². The highest BCUT2D eigenvalue weighted by Gasteiger charge is 2.04. The van der Waals surface area contributed by atoms with E-state index in [9.17, 15) is 5.11 Å². The van der Waals surface area contributed by atoms with Crippen molar-refractivity contribution in [2.75, 3.05) is 11.6 Å². The highest BCUT2D eigenvalue weighted by atomic mass is 35.5. The predicted molar refractivity (Wildman–Crippen MR) is 46.5 cm³/mol. The molecule has 0 aliphatic carbocycles. The smallest absolute Gasteiger partial charge is 0.0926 e. The van der Waals surface area contributed by atoms with Crippen LogP contribution >= 0.6 is 11.6 Å². The standard InChI is InChI=1S/C8H10ClNO/c9-5-8(11)6-2-1-3-7(10)4-6/h1-4,8,11H,5,10H2/t8-/m0/s1. The summed E-state index contributed by atoms with van der Waals surface area (Å²) < 4.78 is 0. The van der Waals surface area contributed by atoms with Gasteiger partial charge in [-0.3, -0.25) is 0 Å². The third kappa shape index (κ3) is 2.10. The first-order valence-electron chi connectivity index (χ1n) is 3.33. The summed E-state index contributed by atoms with van der Waals surface area (Å²) in [5.74, 6) is 0.198. The second kappa shape index (κ2) is 3.60. The Morgan fingerprint density at radius 2 is 2.27 bits per heavy atom. The minimum absolute atomic E-state index is 0.198. The van der Waals surface area contributed by atoms with Crippen LogP contribution in [0.4, 0.5) is 5.69 Å². The molecule has 1 atom stereocenters. The van der Waals surface area contributed by atoms with Crippen molar-refractivity contribution in [3.8, 4) is 0 Å². The fourth-order valence-corrected chi connectivity index (χ4v) is 1.03. The van der Waals surface area contributed by atoms with Gasteiger partial charge in [0.1, 0.15) is 0 Å². The minimum atomic E-state index is -0.611. The van der Waals surface area contributed by atoms with Crippen molar-refractivity contribution < 1.29 is 5.11 Å². The Bertz CT molecular complexity index is 239. The van der Waals surface area contributed by atoms with E-state index >= 15 is 0 Å². The van der Waals surface area contributed by atoms with Crippen LogP contribution in [0.3, 0.4) is 0 Å². The van der Waals surface area contributed by atoms with Gasteiger partial charge in [-0.25, -0.2) is 0 Å². The zero-order valence-electron chi connectivity index (χ0n) is 6.00. The van der Waals surface area contributed by atoms with Gasteiger partial charge >= 0.3 is 0 Å². The number of aliphatic hydroxyl groups excluding tert-OH is 1. The van der Waals surface area contributed by atoms with Gasteiger partial charge in [0.05, 0.1) is 12.0 Å². The van der Waals surface area contributed by atoms with Gasteiger partial charge in [-0.05, 0) is 17.7 Å². The summed E-state index contributed by atoms with van der Waals surface area (Å²) in [4.78, 5) is 0. The van der Waals surface area contributed by atoms with E-state index in [-0.39, 0.29) is 5.88 Å². The molecule has 0 bridgehead atoms. The second-order valence-electron chi connectivity index (χ2n) is 2.34. The lowest BCUT2D eigenvalue weighted by atomic mass is 10.1. The molecule has 0 fully saturated rings. The number of halogens is 1. The van der Waals surface area contributed by atoms with E-state index in [1.165, 1.54) is 0 Å². The molecule has 1 aromatic rings. The third-order valence-corrected chi connectivity index (χ3v) is 1.73. The molecular formula is C8H10ClNO. The van der Waals surface area contributed by atoms with Crippen molar-refractivity contribution in [3.05, 3.63) is 29.8 Å². The fraction of sp³-hybridized carbons (Fsp3) is 0.250. The van der Waals surface area contributed by atoms with Crippen molar-refractivity contribution in [2.45, 2.75) is 6.10 Å². The van der Waals surface area contributed by atoms with E-state index in [4.69, 9.17) is 17.3 Å². The van der Waals surface area contributed by atoms with E-state index in [1.807, 2.05) is 0 Å². The van der Waals surface area contributed by atoms with Gasteiger partial charge < -0.3 is 10.8 Å². The summed E-state index contributed by atoms with van der Waals surface area (Å²) in [5, 5.41) is 9.27. The molecule has 0 saturated carbocycles. The molecule has 0 aromatic heterocycles. The molecule has 0 spiro atoms. The largest absolute Gasteiger partial charge is 0.399 e. The number of aliphatic hydroxyl groups is 1. The fourth-order valence-electron chi connectivity index (χ4n) is 0.855. The first-order valence-corrected chi connectivity index (χ1v) is 3.87. The summed E-state index contributed by atoms with van der Waals surface area (Å²) in [6, 6.07) is 7.07. The monoisotopic (exact) mass is 171 g/mol. The molecule has 1 aromatic carbocycles. The van der Waals surface area contributed by atoms with Crippen molar-refractivity contribution in [2.24, 2.45) is 0 Å². The molecule has 0 amide bonds. The van der Waals surface area contributed by atoms with Crippen molar-refractivity contribution in [1.82, 2.24) is 0 Å². The van der Waals surface area contributed by atoms with Crippen LogP contribution in [0.1, 0.15) is 11.7 Å². The van der Waals surface area contributed by atoms with Crippen LogP contribution < -0.4 is 5.73 Å². The molecule has 2 nitrogen and oxygen atoms in total. The van der Waals surface area contributed by atoms with Gasteiger partial charge in [-0.15, -0.1) is 11.6 Å². The van der Waals surface area contributed by atoms with E-state index in [2.05, 4.69) is 0 Å². The highest BCUT2D eigenvalue weighted by Crippen LogP contribution is 2.16. The molecule has 1 rings (SSSR count). The number of nitrogens with two attached hydrogens (primary N) is 1. The molecule has 0 heterocycles. The molecule has 0 radical (unpaired) electrons. The molecule has 3 N–H and O–H groups in total. The highest BCUT2D eigenvalue weighted by molar-refractivity contribution is 6.18. The average Bonchev–Trinajstić information content (AvgIpc) is 2.03. The molecule has 3 heteroatoms. The van der Waals surface area contributed by atoms with Gasteiger partial charge in [0.25, 0.3) is 0 Å². The first-order chi connectivity index (χ1) is 5.24. The Morgan fingerprint density at radius 1 is 1.55 bits per heavy atom. The van der Waals surface area contributed by atoms with E-state index in [0.29, 0.717) is 5.69 Å². The summed E-state index contributed by atoms with van der Waals surface area (Å²) in [6.45, 7) is 0. The minimum Gasteiger partial charge on any atom is -0.399 e. The van der Waals surface area contributed by atoms with E-state index in [1.54, 1.807) is 24.3 Å². The van der Waals surface area contributed by atoms with Crippen LogP contribution in [0.25, 0.3) is 0 Å². The van der Waals surface area contributed by atoms with Gasteiger partial charge in [0.2, 0.25) is 0 Å². The lowest BCUT2D eigenvalue weighted by Gasteiger charge is -2.06. The Balaban J connectivity index is 2.86. The summed E-state index contributed by atoms with van der Waals surface area (Å²) in [6.07, 6.45) is -0.611. The zero-order valence-corrected chi connectivity index (χ0v) is 6.75. The first kappa shape index (κ1) is 8.37. The summed E-state index contributed by atoms with van der Waals surface area (Å²) in [5.41, 5.74) is 6.91. The Morgan fingerprint density at radius 3 is 2.82 bits per heavy atom. The van der Waals surface area contributed by atoms with Gasteiger partial charge in [0.15, 0.2) is 0 Å². The SMILES string of the molecule is Nc1cccc([C@@H](O)CCl)c1. The predicted octanol–water partition coefficient (Wildman–Crippen LogP) is 1.54. The van der Waals surface area contributed by atoms with Crippen molar-refractivity contribution in [3.63, 3.8) is 0 Å². The van der Waals surface area contributed by atoms with E-state index in [0.717, 1.165) is 5.56 Å². The topological polar surface area (TPSA) is 46.2 Å². The molecule has 0 saturated heterocycles. The number of benzene rings is 1. The molecule has 0 aliphatic rings. The number of hydrogen-bond acceptors (Lipinski definition) is 2. The number of anilines is 1. The Kier molecular flexibility index (Phi) is 2.74. The summed E-state index contributed by atoms with van der Waals surface area (Å²) >= 11 is 5.45. The van der Waals surface area contributed by atoms with Gasteiger partial charge in [-0.2, -0.15) is 0 Å². The van der Waals surface area contributed by atoms with Crippen LogP contribution in [-0.4, -0.2) is 11.0 Å². The maximum atomic E-state index is 9.27.